The van der Waals surface area contributed by atoms with Gasteiger partial charge >= 0.3 is 0 Å². The van der Waals surface area contributed by atoms with Crippen LogP contribution in [0.3, 0.4) is 0 Å². The van der Waals surface area contributed by atoms with Crippen molar-refractivity contribution in [3.05, 3.63) is 35.4 Å². The van der Waals surface area contributed by atoms with Gasteiger partial charge in [0.1, 0.15) is 17.3 Å². The lowest BCUT2D eigenvalue weighted by Gasteiger charge is -2.42. The molecular weight excluding hydrogens is 489 g/mol. The van der Waals surface area contributed by atoms with Crippen molar-refractivity contribution < 1.29 is 13.6 Å². The van der Waals surface area contributed by atoms with E-state index in [1.807, 2.05) is 0 Å². The van der Waals surface area contributed by atoms with Crippen LogP contribution in [0.4, 0.5) is 0 Å². The van der Waals surface area contributed by atoms with E-state index in [2.05, 4.69) is 100 Å². The molecule has 0 bridgehead atoms. The Hall–Kier alpha value is -1.34. The third kappa shape index (κ3) is 7.84. The summed E-state index contributed by atoms with van der Waals surface area (Å²) in [7, 11) is -4.28. The van der Waals surface area contributed by atoms with Crippen LogP contribution < -0.4 is 8.85 Å². The first-order valence-corrected chi connectivity index (χ1v) is 20.3. The minimum atomic E-state index is -2.14. The number of benzene rings is 1. The molecule has 0 aliphatic heterocycles. The fraction of sp³-hybridized carbons (Fsp3) is 0.719. The summed E-state index contributed by atoms with van der Waals surface area (Å²) in [5.74, 6) is 2.56. The molecular formula is C32H56O3Si2. The Morgan fingerprint density at radius 1 is 0.946 bits per heavy atom. The molecule has 2 atom stereocenters. The molecule has 1 aromatic rings. The van der Waals surface area contributed by atoms with Crippen LogP contribution in [0, 0.1) is 5.92 Å². The van der Waals surface area contributed by atoms with Crippen molar-refractivity contribution in [2.75, 3.05) is 0 Å². The number of carbonyl (C=O) groups excluding carboxylic acids is 1. The number of rotatable bonds is 10. The number of aryl methyl sites for hydroxylation is 1. The molecule has 0 heterocycles. The Morgan fingerprint density at radius 2 is 1.43 bits per heavy atom. The van der Waals surface area contributed by atoms with Crippen molar-refractivity contribution in [2.24, 2.45) is 5.92 Å². The van der Waals surface area contributed by atoms with Crippen LogP contribution in [0.2, 0.25) is 36.3 Å². The molecule has 0 radical (unpaired) electrons. The van der Waals surface area contributed by atoms with Gasteiger partial charge in [0.25, 0.3) is 0 Å². The second-order valence-electron chi connectivity index (χ2n) is 14.5. The zero-order chi connectivity index (χ0) is 28.4. The van der Waals surface area contributed by atoms with E-state index in [4.69, 9.17) is 8.85 Å². The highest BCUT2D eigenvalue weighted by molar-refractivity contribution is 6.75. The van der Waals surface area contributed by atoms with Crippen molar-refractivity contribution in [3.63, 3.8) is 0 Å². The first kappa shape index (κ1) is 31.9. The summed E-state index contributed by atoms with van der Waals surface area (Å²) in [4.78, 5) is 12.9. The zero-order valence-corrected chi connectivity index (χ0v) is 28.2. The maximum absolute atomic E-state index is 12.9. The fourth-order valence-corrected chi connectivity index (χ4v) is 6.72. The third-order valence-corrected chi connectivity index (χ3v) is 17.9. The standard InChI is InChI=1S/C32H56O3Si2/c1-14-15-16-17-24-20-28(34-36(10,11)31(4,5)6)30(27-22-25(33)18-19-26(27)23(2)3)29(21-24)35-37(12,13)32(7,8)9/h20-21,26-27H,2,14-19,22H2,1,3-13H3/t26-,27+/m0/s1. The van der Waals surface area contributed by atoms with Gasteiger partial charge in [0.2, 0.25) is 16.6 Å². The second-order valence-corrected chi connectivity index (χ2v) is 24.0. The number of allylic oxidation sites excluding steroid dienone is 1. The molecule has 0 amide bonds. The van der Waals surface area contributed by atoms with Crippen molar-refractivity contribution in [2.45, 2.75) is 143 Å². The second kappa shape index (κ2) is 11.8. The van der Waals surface area contributed by atoms with E-state index in [0.717, 1.165) is 41.9 Å². The quantitative estimate of drug-likeness (QED) is 0.167. The zero-order valence-electron chi connectivity index (χ0n) is 26.2. The smallest absolute Gasteiger partial charge is 0.250 e. The van der Waals surface area contributed by atoms with Gasteiger partial charge < -0.3 is 8.85 Å². The number of hydrogen-bond acceptors (Lipinski definition) is 3. The van der Waals surface area contributed by atoms with E-state index in [1.54, 1.807) is 0 Å². The van der Waals surface area contributed by atoms with Gasteiger partial charge in [-0.25, -0.2) is 0 Å². The van der Waals surface area contributed by atoms with Gasteiger partial charge in [-0.3, -0.25) is 4.79 Å². The SMILES string of the molecule is C=C(C)[C@@H]1CCC(=O)C[C@H]1c1c(O[Si](C)(C)C(C)(C)C)cc(CCCCC)cc1O[Si](C)(C)C(C)(C)C. The van der Waals surface area contributed by atoms with Gasteiger partial charge in [-0.2, -0.15) is 0 Å². The minimum absolute atomic E-state index is 0.0444. The van der Waals surface area contributed by atoms with Crippen molar-refractivity contribution in [1.29, 1.82) is 0 Å². The Balaban J connectivity index is 2.83. The summed E-state index contributed by atoms with van der Waals surface area (Å²) in [5, 5.41) is 0.137. The Kier molecular flexibility index (Phi) is 10.2. The molecule has 1 fully saturated rings. The molecule has 1 aliphatic rings. The van der Waals surface area contributed by atoms with Gasteiger partial charge in [-0.1, -0.05) is 73.5 Å². The molecule has 0 spiro atoms. The largest absolute Gasteiger partial charge is 0.543 e. The fourth-order valence-electron chi connectivity index (χ4n) is 4.67. The van der Waals surface area contributed by atoms with Crippen molar-refractivity contribution >= 4 is 22.4 Å². The lowest BCUT2D eigenvalue weighted by molar-refractivity contribution is -0.121. The van der Waals surface area contributed by atoms with E-state index in [9.17, 15) is 4.79 Å². The van der Waals surface area contributed by atoms with Gasteiger partial charge in [0, 0.05) is 24.3 Å². The van der Waals surface area contributed by atoms with E-state index < -0.39 is 16.6 Å². The number of hydrogen-bond donors (Lipinski definition) is 0. The molecule has 1 saturated carbocycles. The molecule has 2 rings (SSSR count). The molecule has 0 aromatic heterocycles. The van der Waals surface area contributed by atoms with Crippen LogP contribution in [0.15, 0.2) is 24.3 Å². The highest BCUT2D eigenvalue weighted by Crippen LogP contribution is 2.51. The normalized spacial score (nSPS) is 19.6. The predicted octanol–water partition coefficient (Wildman–Crippen LogP) is 10.2. The third-order valence-electron chi connectivity index (χ3n) is 9.25. The Labute approximate surface area is 231 Å². The molecule has 0 N–H and O–H groups in total. The molecule has 0 unspecified atom stereocenters. The summed E-state index contributed by atoms with van der Waals surface area (Å²) in [6.07, 6.45) is 6.62. The molecule has 1 aromatic carbocycles. The summed E-state index contributed by atoms with van der Waals surface area (Å²) < 4.78 is 14.3. The van der Waals surface area contributed by atoms with Crippen molar-refractivity contribution in [1.82, 2.24) is 0 Å². The lowest BCUT2D eigenvalue weighted by Crippen LogP contribution is -2.45. The first-order valence-electron chi connectivity index (χ1n) is 14.5. The summed E-state index contributed by atoms with van der Waals surface area (Å²) in [6, 6.07) is 4.58. The van der Waals surface area contributed by atoms with Crippen LogP contribution >= 0.6 is 0 Å². The summed E-state index contributed by atoms with van der Waals surface area (Å²) in [6.45, 7) is 31.7. The average Bonchev–Trinajstić information content (AvgIpc) is 2.71. The highest BCUT2D eigenvalue weighted by Gasteiger charge is 2.44. The maximum Gasteiger partial charge on any atom is 0.250 e. The molecule has 0 saturated heterocycles. The molecule has 37 heavy (non-hydrogen) atoms. The van der Waals surface area contributed by atoms with Crippen LogP contribution in [-0.2, 0) is 11.2 Å². The predicted molar refractivity (Wildman–Crippen MR) is 165 cm³/mol. The Bertz CT molecular complexity index is 914. The molecule has 5 heteroatoms. The lowest BCUT2D eigenvalue weighted by atomic mass is 9.71. The molecule has 1 aliphatic carbocycles. The van der Waals surface area contributed by atoms with Gasteiger partial charge in [-0.15, -0.1) is 0 Å². The van der Waals surface area contributed by atoms with E-state index in [-0.39, 0.29) is 21.9 Å². The van der Waals surface area contributed by atoms with Gasteiger partial charge in [-0.05, 0) is 86.1 Å². The van der Waals surface area contributed by atoms with Gasteiger partial charge in [0.15, 0.2) is 0 Å². The topological polar surface area (TPSA) is 35.5 Å². The molecule has 210 valence electrons. The average molecular weight is 545 g/mol. The van der Waals surface area contributed by atoms with Crippen LogP contribution in [0.5, 0.6) is 11.5 Å². The van der Waals surface area contributed by atoms with E-state index in [1.165, 1.54) is 18.4 Å². The summed E-state index contributed by atoms with van der Waals surface area (Å²) >= 11 is 0. The van der Waals surface area contributed by atoms with E-state index in [0.29, 0.717) is 18.6 Å². The van der Waals surface area contributed by atoms with Crippen LogP contribution in [0.1, 0.15) is 111 Å². The van der Waals surface area contributed by atoms with Gasteiger partial charge in [0.05, 0.1) is 0 Å². The Morgan fingerprint density at radius 3 is 1.84 bits per heavy atom. The number of carbonyl (C=O) groups is 1. The van der Waals surface area contributed by atoms with E-state index >= 15 is 0 Å². The number of Topliss-reactive ketones (excluding diaryl/α,β-unsaturated/α-hetero) is 1. The summed E-state index contributed by atoms with van der Waals surface area (Å²) in [5.41, 5.74) is 3.56. The number of ketones is 1. The maximum atomic E-state index is 12.9. The van der Waals surface area contributed by atoms with Crippen molar-refractivity contribution in [3.8, 4) is 11.5 Å². The highest BCUT2D eigenvalue weighted by atomic mass is 28.4. The monoisotopic (exact) mass is 544 g/mol. The van der Waals surface area contributed by atoms with Crippen LogP contribution in [0.25, 0.3) is 0 Å². The van der Waals surface area contributed by atoms with Crippen LogP contribution in [-0.4, -0.2) is 22.4 Å². The number of unbranched alkanes of at least 4 members (excludes halogenated alkanes) is 2. The minimum Gasteiger partial charge on any atom is -0.543 e. The molecule has 3 nitrogen and oxygen atoms in total. The first-order chi connectivity index (χ1) is 16.8.